The molecular formula is C6H7N5O4. The van der Waals surface area contributed by atoms with Crippen LogP contribution in [0.15, 0.2) is 17.1 Å². The maximum atomic E-state index is 10.8. The van der Waals surface area contributed by atoms with Gasteiger partial charge in [-0.1, -0.05) is 0 Å². The molecule has 0 fully saturated rings. The Kier molecular flexibility index (Phi) is 2.86. The second kappa shape index (κ2) is 4.09. The third-order valence-electron chi connectivity index (χ3n) is 1.11. The molecule has 0 saturated carbocycles. The molecule has 0 radical (unpaired) electrons. The van der Waals surface area contributed by atoms with Gasteiger partial charge in [0.2, 0.25) is 0 Å². The molecule has 0 unspecified atom stereocenters. The normalized spacial score (nSPS) is 15.1. The van der Waals surface area contributed by atoms with Gasteiger partial charge in [-0.2, -0.15) is 4.99 Å². The minimum Gasteiger partial charge on any atom is -0.370 e. The lowest BCUT2D eigenvalue weighted by Crippen LogP contribution is -2.35. The van der Waals surface area contributed by atoms with E-state index in [2.05, 4.69) is 14.7 Å². The molecule has 0 aromatic rings. The van der Waals surface area contributed by atoms with E-state index in [-0.39, 0.29) is 5.23 Å². The minimum absolute atomic E-state index is 0.199. The third kappa shape index (κ3) is 2.99. The molecule has 9 nitrogen and oxygen atoms in total. The van der Waals surface area contributed by atoms with E-state index >= 15 is 0 Å². The molecule has 15 heavy (non-hydrogen) atoms. The fourth-order valence-corrected chi connectivity index (χ4v) is 0.629. The summed E-state index contributed by atoms with van der Waals surface area (Å²) in [5.41, 5.74) is 9.94. The van der Waals surface area contributed by atoms with Crippen LogP contribution in [0.4, 0.5) is 0 Å². The summed E-state index contributed by atoms with van der Waals surface area (Å²) in [6.07, 6.45) is 1.68. The Morgan fingerprint density at radius 3 is 2.13 bits per heavy atom. The molecule has 0 aromatic heterocycles. The van der Waals surface area contributed by atoms with E-state index in [0.717, 1.165) is 12.2 Å². The zero-order valence-electron chi connectivity index (χ0n) is 7.34. The number of nitrogens with one attached hydrogen (secondary N) is 1. The smallest absolute Gasteiger partial charge is 0.360 e. The zero-order chi connectivity index (χ0) is 11.4. The highest BCUT2D eigenvalue weighted by molar-refractivity contribution is 5.96. The molecule has 9 heteroatoms. The second-order valence-electron chi connectivity index (χ2n) is 2.27. The lowest BCUT2D eigenvalue weighted by Gasteiger charge is -2.15. The van der Waals surface area contributed by atoms with Gasteiger partial charge >= 0.3 is 11.9 Å². The van der Waals surface area contributed by atoms with E-state index in [9.17, 15) is 9.59 Å². The molecule has 1 aliphatic heterocycles. The van der Waals surface area contributed by atoms with Crippen LogP contribution >= 0.6 is 0 Å². The average Bonchev–Trinajstić information content (AvgIpc) is 2.27. The molecule has 5 N–H and O–H groups in total. The Bertz CT molecular complexity index is 350. The average molecular weight is 213 g/mol. The maximum Gasteiger partial charge on any atom is 0.360 e. The molecule has 1 heterocycles. The van der Waals surface area contributed by atoms with Crippen molar-refractivity contribution in [2.24, 2.45) is 16.5 Å². The summed E-state index contributed by atoms with van der Waals surface area (Å²) < 4.78 is 0. The standard InChI is InChI=1S/C6H7N5O4/c7-5(8)10-6(9)11-14-3(12)1-2-4(13)15-11/h1-2H,(H5,7,8,9,10). The molecular weight excluding hydrogens is 206 g/mol. The lowest BCUT2D eigenvalue weighted by molar-refractivity contribution is -0.274. The minimum atomic E-state index is -0.892. The largest absolute Gasteiger partial charge is 0.370 e. The van der Waals surface area contributed by atoms with Gasteiger partial charge in [-0.05, 0) is 0 Å². The van der Waals surface area contributed by atoms with Crippen molar-refractivity contribution < 1.29 is 19.3 Å². The number of carbonyl (C=O) groups is 2. The molecule has 0 amide bonds. The molecule has 0 bridgehead atoms. The van der Waals surface area contributed by atoms with Crippen LogP contribution in [0.1, 0.15) is 0 Å². The number of hydrogen-bond donors (Lipinski definition) is 3. The first kappa shape index (κ1) is 10.5. The topological polar surface area (TPSA) is 144 Å². The monoisotopic (exact) mass is 213 g/mol. The highest BCUT2D eigenvalue weighted by atomic mass is 17.0. The summed E-state index contributed by atoms with van der Waals surface area (Å²) in [7, 11) is 0. The number of hydroxylamine groups is 2. The van der Waals surface area contributed by atoms with E-state index in [1.165, 1.54) is 0 Å². The van der Waals surface area contributed by atoms with Gasteiger partial charge in [-0.15, -0.1) is 0 Å². The van der Waals surface area contributed by atoms with Crippen LogP contribution in [0.5, 0.6) is 0 Å². The van der Waals surface area contributed by atoms with Gasteiger partial charge < -0.3 is 11.5 Å². The van der Waals surface area contributed by atoms with E-state index < -0.39 is 23.9 Å². The fourth-order valence-electron chi connectivity index (χ4n) is 0.629. The number of aliphatic imine (C=N–C) groups is 1. The highest BCUT2D eigenvalue weighted by Gasteiger charge is 2.22. The number of carbonyl (C=O) groups excluding carboxylic acids is 2. The number of hydrogen-bond acceptors (Lipinski definition) is 5. The lowest BCUT2D eigenvalue weighted by atomic mass is 10.5. The van der Waals surface area contributed by atoms with Crippen LogP contribution in [0.25, 0.3) is 0 Å². The van der Waals surface area contributed by atoms with Gasteiger partial charge in [-0.25, -0.2) is 9.59 Å². The first-order valence-electron chi connectivity index (χ1n) is 3.59. The fraction of sp³-hybridized carbons (Fsp3) is 0. The van der Waals surface area contributed by atoms with Crippen molar-refractivity contribution >= 4 is 23.9 Å². The van der Waals surface area contributed by atoms with Gasteiger partial charge in [-0.3, -0.25) is 15.1 Å². The van der Waals surface area contributed by atoms with Crippen molar-refractivity contribution in [3.63, 3.8) is 0 Å². The van der Waals surface area contributed by atoms with E-state index in [1.54, 1.807) is 0 Å². The summed E-state index contributed by atoms with van der Waals surface area (Å²) in [4.78, 5) is 33.6. The highest BCUT2D eigenvalue weighted by Crippen LogP contribution is 2.02. The van der Waals surface area contributed by atoms with Crippen molar-refractivity contribution in [1.29, 1.82) is 5.41 Å². The van der Waals surface area contributed by atoms with Crippen molar-refractivity contribution in [2.75, 3.05) is 0 Å². The SMILES string of the molecule is N=C(N=C(N)N)N1OC(=O)C=CC(=O)O1. The number of guanidine groups is 2. The number of rotatable bonds is 0. The van der Waals surface area contributed by atoms with Crippen LogP contribution in [-0.4, -0.2) is 29.1 Å². The Morgan fingerprint density at radius 2 is 1.73 bits per heavy atom. The maximum absolute atomic E-state index is 10.8. The molecule has 80 valence electrons. The van der Waals surface area contributed by atoms with Gasteiger partial charge in [0.15, 0.2) is 5.96 Å². The first-order valence-corrected chi connectivity index (χ1v) is 3.59. The Balaban J connectivity index is 2.79. The summed E-state index contributed by atoms with van der Waals surface area (Å²) in [5, 5.41) is 7.39. The number of nitrogens with two attached hydrogens (primary N) is 2. The molecule has 1 rings (SSSR count). The summed E-state index contributed by atoms with van der Waals surface area (Å²) in [5.74, 6) is -2.96. The molecule has 0 aromatic carbocycles. The number of nitrogens with zero attached hydrogens (tertiary/aromatic N) is 2. The summed E-state index contributed by atoms with van der Waals surface area (Å²) >= 11 is 0. The Labute approximate surface area is 83.3 Å². The van der Waals surface area contributed by atoms with Crippen LogP contribution in [0.2, 0.25) is 0 Å². The van der Waals surface area contributed by atoms with Gasteiger partial charge in [0, 0.05) is 17.4 Å². The van der Waals surface area contributed by atoms with Crippen LogP contribution < -0.4 is 11.5 Å². The van der Waals surface area contributed by atoms with Crippen molar-refractivity contribution in [1.82, 2.24) is 5.23 Å². The Morgan fingerprint density at radius 1 is 1.27 bits per heavy atom. The zero-order valence-corrected chi connectivity index (χ0v) is 7.34. The molecule has 0 atom stereocenters. The summed E-state index contributed by atoms with van der Waals surface area (Å²) in [6, 6.07) is 0. The quantitative estimate of drug-likeness (QED) is 0.311. The first-order chi connectivity index (χ1) is 6.99. The third-order valence-corrected chi connectivity index (χ3v) is 1.11. The van der Waals surface area contributed by atoms with Gasteiger partial charge in [0.25, 0.3) is 5.96 Å². The molecule has 0 spiro atoms. The van der Waals surface area contributed by atoms with Crippen LogP contribution in [-0.2, 0) is 19.3 Å². The van der Waals surface area contributed by atoms with Crippen LogP contribution in [0, 0.1) is 5.41 Å². The Hall–Kier alpha value is -2.58. The van der Waals surface area contributed by atoms with Crippen LogP contribution in [0.3, 0.4) is 0 Å². The molecule has 1 aliphatic rings. The van der Waals surface area contributed by atoms with Gasteiger partial charge in [0.05, 0.1) is 0 Å². The van der Waals surface area contributed by atoms with Crippen molar-refractivity contribution in [3.05, 3.63) is 12.2 Å². The van der Waals surface area contributed by atoms with Crippen molar-refractivity contribution in [2.45, 2.75) is 0 Å². The van der Waals surface area contributed by atoms with E-state index in [1.807, 2.05) is 0 Å². The van der Waals surface area contributed by atoms with E-state index in [4.69, 9.17) is 16.9 Å². The predicted octanol–water partition coefficient (Wildman–Crippen LogP) is -2.02. The van der Waals surface area contributed by atoms with E-state index in [0.29, 0.717) is 0 Å². The molecule has 0 aliphatic carbocycles. The van der Waals surface area contributed by atoms with Gasteiger partial charge in [0.1, 0.15) is 0 Å². The summed E-state index contributed by atoms with van der Waals surface area (Å²) in [6.45, 7) is 0. The predicted molar refractivity (Wildman–Crippen MR) is 46.7 cm³/mol. The van der Waals surface area contributed by atoms with Crippen molar-refractivity contribution in [3.8, 4) is 0 Å². The second-order valence-corrected chi connectivity index (χ2v) is 2.27. The molecule has 0 saturated heterocycles.